The van der Waals surface area contributed by atoms with Gasteiger partial charge in [0, 0.05) is 31.1 Å². The van der Waals surface area contributed by atoms with Crippen molar-refractivity contribution in [3.63, 3.8) is 0 Å². The van der Waals surface area contributed by atoms with Gasteiger partial charge in [-0.25, -0.2) is 0 Å². The molecule has 0 amide bonds. The molecule has 0 aromatic heterocycles. The van der Waals surface area contributed by atoms with Crippen molar-refractivity contribution in [3.05, 3.63) is 29.3 Å². The minimum absolute atomic E-state index is 0.425. The van der Waals surface area contributed by atoms with E-state index in [4.69, 9.17) is 10.5 Å². The number of rotatable bonds is 2. The number of benzene rings is 1. The summed E-state index contributed by atoms with van der Waals surface area (Å²) in [7, 11) is 1.71. The summed E-state index contributed by atoms with van der Waals surface area (Å²) in [4.78, 5) is 0. The monoisotopic (exact) mass is 192 g/mol. The molecule has 1 aromatic carbocycles. The molecule has 0 radical (unpaired) electrons. The summed E-state index contributed by atoms with van der Waals surface area (Å²) in [5, 5.41) is 3.36. The van der Waals surface area contributed by atoms with E-state index >= 15 is 0 Å². The Kier molecular flexibility index (Phi) is 2.70. The van der Waals surface area contributed by atoms with Gasteiger partial charge in [-0.05, 0) is 11.6 Å². The van der Waals surface area contributed by atoms with Crippen molar-refractivity contribution in [2.75, 3.05) is 20.2 Å². The average molecular weight is 192 g/mol. The highest BCUT2D eigenvalue weighted by Crippen LogP contribution is 2.29. The SMILES string of the molecule is COc1cccc2c1CNCC2CN. The standard InChI is InChI=1S/C11H16N2O/c1-14-11-4-2-3-9-8(5-12)6-13-7-10(9)11/h2-4,8,13H,5-7,12H2,1H3. The van der Waals surface area contributed by atoms with Gasteiger partial charge in [0.1, 0.15) is 5.75 Å². The number of nitrogens with one attached hydrogen (secondary N) is 1. The number of fused-ring (bicyclic) bond motifs is 1. The first-order valence-electron chi connectivity index (χ1n) is 4.93. The summed E-state index contributed by atoms with van der Waals surface area (Å²) >= 11 is 0. The first-order chi connectivity index (χ1) is 6.86. The van der Waals surface area contributed by atoms with Crippen LogP contribution in [0.2, 0.25) is 0 Å². The second-order valence-corrected chi connectivity index (χ2v) is 3.59. The zero-order valence-electron chi connectivity index (χ0n) is 8.42. The summed E-state index contributed by atoms with van der Waals surface area (Å²) in [6, 6.07) is 6.18. The molecule has 3 heteroatoms. The Hall–Kier alpha value is -1.06. The predicted molar refractivity (Wildman–Crippen MR) is 56.5 cm³/mol. The lowest BCUT2D eigenvalue weighted by Crippen LogP contribution is -2.32. The molecule has 1 unspecified atom stereocenters. The second kappa shape index (κ2) is 3.98. The van der Waals surface area contributed by atoms with Gasteiger partial charge in [-0.2, -0.15) is 0 Å². The van der Waals surface area contributed by atoms with E-state index in [0.717, 1.165) is 18.8 Å². The molecule has 0 aliphatic carbocycles. The van der Waals surface area contributed by atoms with E-state index in [9.17, 15) is 0 Å². The van der Waals surface area contributed by atoms with Crippen LogP contribution in [0.5, 0.6) is 5.75 Å². The molecule has 0 bridgehead atoms. The van der Waals surface area contributed by atoms with E-state index in [1.165, 1.54) is 11.1 Å². The minimum atomic E-state index is 0.425. The second-order valence-electron chi connectivity index (χ2n) is 3.59. The van der Waals surface area contributed by atoms with E-state index < -0.39 is 0 Å². The van der Waals surface area contributed by atoms with Crippen molar-refractivity contribution in [2.45, 2.75) is 12.5 Å². The zero-order valence-corrected chi connectivity index (χ0v) is 8.42. The molecule has 1 aliphatic heterocycles. The van der Waals surface area contributed by atoms with Gasteiger partial charge in [0.15, 0.2) is 0 Å². The smallest absolute Gasteiger partial charge is 0.123 e. The van der Waals surface area contributed by atoms with Gasteiger partial charge in [-0.1, -0.05) is 12.1 Å². The molecular weight excluding hydrogens is 176 g/mol. The maximum Gasteiger partial charge on any atom is 0.123 e. The van der Waals surface area contributed by atoms with Gasteiger partial charge in [0.2, 0.25) is 0 Å². The van der Waals surface area contributed by atoms with Crippen LogP contribution < -0.4 is 15.8 Å². The molecule has 3 N–H and O–H groups in total. The molecule has 1 atom stereocenters. The maximum absolute atomic E-state index is 5.73. The van der Waals surface area contributed by atoms with E-state index in [1.54, 1.807) is 7.11 Å². The number of nitrogens with two attached hydrogens (primary N) is 1. The van der Waals surface area contributed by atoms with Crippen LogP contribution in [0.25, 0.3) is 0 Å². The van der Waals surface area contributed by atoms with Crippen molar-refractivity contribution >= 4 is 0 Å². The van der Waals surface area contributed by atoms with Crippen LogP contribution in [0.1, 0.15) is 17.0 Å². The summed E-state index contributed by atoms with van der Waals surface area (Å²) in [5.74, 6) is 1.39. The van der Waals surface area contributed by atoms with Crippen LogP contribution in [0.3, 0.4) is 0 Å². The van der Waals surface area contributed by atoms with E-state index in [0.29, 0.717) is 12.5 Å². The predicted octanol–water partition coefficient (Wildman–Crippen LogP) is 0.841. The van der Waals surface area contributed by atoms with Gasteiger partial charge in [0.25, 0.3) is 0 Å². The van der Waals surface area contributed by atoms with E-state index in [-0.39, 0.29) is 0 Å². The van der Waals surface area contributed by atoms with Crippen LogP contribution in [-0.2, 0) is 6.54 Å². The Morgan fingerprint density at radius 1 is 1.57 bits per heavy atom. The third-order valence-corrected chi connectivity index (χ3v) is 2.81. The summed E-state index contributed by atoms with van der Waals surface area (Å²) < 4.78 is 5.32. The molecule has 1 heterocycles. The van der Waals surface area contributed by atoms with Crippen LogP contribution in [0.15, 0.2) is 18.2 Å². The molecule has 3 nitrogen and oxygen atoms in total. The third-order valence-electron chi connectivity index (χ3n) is 2.81. The van der Waals surface area contributed by atoms with Crippen LogP contribution >= 0.6 is 0 Å². The summed E-state index contributed by atoms with van der Waals surface area (Å²) in [6.45, 7) is 2.54. The van der Waals surface area contributed by atoms with E-state index in [2.05, 4.69) is 11.4 Å². The lowest BCUT2D eigenvalue weighted by Gasteiger charge is -2.26. The molecule has 0 fully saturated rings. The average Bonchev–Trinajstić information content (AvgIpc) is 2.27. The fourth-order valence-corrected chi connectivity index (χ4v) is 2.04. The Morgan fingerprint density at radius 2 is 2.43 bits per heavy atom. The first-order valence-corrected chi connectivity index (χ1v) is 4.93. The van der Waals surface area contributed by atoms with Gasteiger partial charge in [0.05, 0.1) is 7.11 Å². The van der Waals surface area contributed by atoms with Crippen LogP contribution in [0, 0.1) is 0 Å². The highest BCUT2D eigenvalue weighted by atomic mass is 16.5. The Bertz CT molecular complexity index is 325. The molecular formula is C11H16N2O. The minimum Gasteiger partial charge on any atom is -0.496 e. The lowest BCUT2D eigenvalue weighted by atomic mass is 9.90. The quantitative estimate of drug-likeness (QED) is 0.730. The molecule has 0 saturated heterocycles. The van der Waals surface area contributed by atoms with Gasteiger partial charge in [-0.3, -0.25) is 0 Å². The number of hydrogen-bond donors (Lipinski definition) is 2. The highest BCUT2D eigenvalue weighted by Gasteiger charge is 2.20. The molecule has 0 spiro atoms. The topological polar surface area (TPSA) is 47.3 Å². The number of ether oxygens (including phenoxy) is 1. The zero-order chi connectivity index (χ0) is 9.97. The summed E-state index contributed by atoms with van der Waals surface area (Å²) in [5.41, 5.74) is 8.33. The van der Waals surface area contributed by atoms with Gasteiger partial charge >= 0.3 is 0 Å². The first kappa shape index (κ1) is 9.49. The van der Waals surface area contributed by atoms with E-state index in [1.807, 2.05) is 12.1 Å². The Balaban J connectivity index is 2.43. The lowest BCUT2D eigenvalue weighted by molar-refractivity contribution is 0.401. The number of methoxy groups -OCH3 is 1. The van der Waals surface area contributed by atoms with Crippen molar-refractivity contribution in [1.82, 2.24) is 5.32 Å². The Morgan fingerprint density at radius 3 is 3.14 bits per heavy atom. The Labute approximate surface area is 84.3 Å². The van der Waals surface area contributed by atoms with Crippen LogP contribution in [-0.4, -0.2) is 20.2 Å². The van der Waals surface area contributed by atoms with Crippen LogP contribution in [0.4, 0.5) is 0 Å². The number of hydrogen-bond acceptors (Lipinski definition) is 3. The van der Waals surface area contributed by atoms with Crippen molar-refractivity contribution in [3.8, 4) is 5.75 Å². The largest absolute Gasteiger partial charge is 0.496 e. The summed E-state index contributed by atoms with van der Waals surface area (Å²) in [6.07, 6.45) is 0. The maximum atomic E-state index is 5.73. The fraction of sp³-hybridized carbons (Fsp3) is 0.455. The molecule has 2 rings (SSSR count). The highest BCUT2D eigenvalue weighted by molar-refractivity contribution is 5.43. The van der Waals surface area contributed by atoms with Crippen molar-refractivity contribution < 1.29 is 4.74 Å². The van der Waals surface area contributed by atoms with Crippen molar-refractivity contribution in [2.24, 2.45) is 5.73 Å². The normalized spacial score (nSPS) is 20.3. The molecule has 76 valence electrons. The molecule has 1 aromatic rings. The van der Waals surface area contributed by atoms with Crippen molar-refractivity contribution in [1.29, 1.82) is 0 Å². The fourth-order valence-electron chi connectivity index (χ4n) is 2.04. The third kappa shape index (κ3) is 1.49. The van der Waals surface area contributed by atoms with Gasteiger partial charge < -0.3 is 15.8 Å². The molecule has 1 aliphatic rings. The van der Waals surface area contributed by atoms with Gasteiger partial charge in [-0.15, -0.1) is 0 Å². The molecule has 0 saturated carbocycles. The molecule has 14 heavy (non-hydrogen) atoms.